The van der Waals surface area contributed by atoms with Gasteiger partial charge in [-0.2, -0.15) is 4.31 Å². The van der Waals surface area contributed by atoms with Crippen molar-refractivity contribution in [2.45, 2.75) is 56.1 Å². The summed E-state index contributed by atoms with van der Waals surface area (Å²) in [6, 6.07) is 4.97. The van der Waals surface area contributed by atoms with E-state index in [0.717, 1.165) is 6.42 Å². The van der Waals surface area contributed by atoms with Crippen molar-refractivity contribution in [3.05, 3.63) is 34.4 Å². The Hall–Kier alpha value is -2.16. The van der Waals surface area contributed by atoms with E-state index in [4.69, 9.17) is 23.7 Å². The standard InChI is InChI=1S/C26H38N2O10S/c1-18(29)38-24-13-20-11-19(14-36-16-34-2)12-25(37-17-35-3)26(20)15-27(10-4-5-23(24)26)39(32,33)22-8-6-21(7-9-22)28(30)31/h6-9,19-20,23-25H,4-5,10-17H2,1-3H3/t19-,20+,23-,24+,25-,26+/m1/s1. The third kappa shape index (κ3) is 6.13. The number of carbonyl (C=O) groups excluding carboxylic acids is 1. The van der Waals surface area contributed by atoms with Crippen molar-refractivity contribution in [3.63, 3.8) is 0 Å². The molecular formula is C26H38N2O10S. The van der Waals surface area contributed by atoms with Crippen LogP contribution in [-0.4, -0.2) is 83.3 Å². The predicted octanol–water partition coefficient (Wildman–Crippen LogP) is 2.95. The average molecular weight is 571 g/mol. The number of carbonyl (C=O) groups is 1. The van der Waals surface area contributed by atoms with Crippen LogP contribution >= 0.6 is 0 Å². The Kier molecular flexibility index (Phi) is 9.61. The first kappa shape index (κ1) is 29.8. The summed E-state index contributed by atoms with van der Waals surface area (Å²) in [7, 11) is -0.851. The van der Waals surface area contributed by atoms with Crippen LogP contribution in [0, 0.1) is 33.3 Å². The zero-order chi connectivity index (χ0) is 28.2. The van der Waals surface area contributed by atoms with E-state index in [1.54, 1.807) is 14.2 Å². The SMILES string of the molecule is COCOC[C@@H]1C[C@H]2C[C@H](OC(C)=O)[C@H]3CCCN(S(=O)(=O)c4ccc([N+](=O)[O-])cc4)C[C@]23[C@H](OCOC)C1. The Labute approximate surface area is 229 Å². The molecule has 1 aromatic rings. The average Bonchev–Trinajstić information content (AvgIpc) is 3.05. The van der Waals surface area contributed by atoms with Crippen LogP contribution in [0.5, 0.6) is 0 Å². The van der Waals surface area contributed by atoms with Gasteiger partial charge in [-0.1, -0.05) is 0 Å². The summed E-state index contributed by atoms with van der Waals surface area (Å²) < 4.78 is 57.4. The number of non-ortho nitro benzene ring substituents is 1. The smallest absolute Gasteiger partial charge is 0.302 e. The number of benzene rings is 1. The van der Waals surface area contributed by atoms with Gasteiger partial charge in [0.05, 0.1) is 22.5 Å². The summed E-state index contributed by atoms with van der Waals surface area (Å²) in [4.78, 5) is 22.6. The number of sulfonamides is 1. The van der Waals surface area contributed by atoms with Gasteiger partial charge < -0.3 is 23.7 Å². The molecule has 6 atom stereocenters. The van der Waals surface area contributed by atoms with E-state index in [2.05, 4.69) is 0 Å². The van der Waals surface area contributed by atoms with Crippen LogP contribution < -0.4 is 0 Å². The van der Waals surface area contributed by atoms with Crippen LogP contribution in [0.25, 0.3) is 0 Å². The molecule has 12 nitrogen and oxygen atoms in total. The number of esters is 1. The van der Waals surface area contributed by atoms with E-state index in [1.165, 1.54) is 35.5 Å². The molecule has 0 aromatic heterocycles. The lowest BCUT2D eigenvalue weighted by Gasteiger charge is -2.51. The van der Waals surface area contributed by atoms with Gasteiger partial charge >= 0.3 is 5.97 Å². The minimum Gasteiger partial charge on any atom is -0.462 e. The van der Waals surface area contributed by atoms with E-state index in [9.17, 15) is 23.3 Å². The molecule has 1 heterocycles. The van der Waals surface area contributed by atoms with Gasteiger partial charge in [-0.15, -0.1) is 0 Å². The zero-order valence-corrected chi connectivity index (χ0v) is 23.5. The van der Waals surface area contributed by atoms with Crippen LogP contribution in [0.15, 0.2) is 29.2 Å². The summed E-state index contributed by atoms with van der Waals surface area (Å²) in [5.74, 6) is -0.280. The molecule has 218 valence electrons. The molecule has 0 radical (unpaired) electrons. The molecule has 3 aliphatic rings. The van der Waals surface area contributed by atoms with Gasteiger partial charge in [-0.3, -0.25) is 14.9 Å². The Morgan fingerprint density at radius 2 is 1.85 bits per heavy atom. The predicted molar refractivity (Wildman–Crippen MR) is 138 cm³/mol. The fourth-order valence-electron chi connectivity index (χ4n) is 7.07. The van der Waals surface area contributed by atoms with E-state index in [0.29, 0.717) is 32.3 Å². The number of hydrogen-bond donors (Lipinski definition) is 0. The highest BCUT2D eigenvalue weighted by Crippen LogP contribution is 2.61. The van der Waals surface area contributed by atoms with Gasteiger partial charge in [-0.25, -0.2) is 8.42 Å². The summed E-state index contributed by atoms with van der Waals surface area (Å²) in [5, 5.41) is 11.1. The number of hydrogen-bond acceptors (Lipinski definition) is 10. The van der Waals surface area contributed by atoms with Gasteiger partial charge in [0.15, 0.2) is 0 Å². The van der Waals surface area contributed by atoms with E-state index < -0.39 is 20.4 Å². The molecule has 0 unspecified atom stereocenters. The maximum atomic E-state index is 13.9. The van der Waals surface area contributed by atoms with Crippen molar-refractivity contribution in [1.82, 2.24) is 4.31 Å². The number of nitro groups is 1. The first-order chi connectivity index (χ1) is 18.6. The number of rotatable bonds is 11. The Bertz CT molecular complexity index is 1110. The zero-order valence-electron chi connectivity index (χ0n) is 22.7. The molecule has 1 aromatic carbocycles. The van der Waals surface area contributed by atoms with Gasteiger partial charge in [0, 0.05) is 57.7 Å². The molecule has 39 heavy (non-hydrogen) atoms. The largest absolute Gasteiger partial charge is 0.462 e. The Balaban J connectivity index is 1.71. The molecule has 0 amide bonds. The van der Waals surface area contributed by atoms with Crippen molar-refractivity contribution < 1.29 is 41.8 Å². The molecule has 4 rings (SSSR count). The fraction of sp³-hybridized carbons (Fsp3) is 0.731. The molecular weight excluding hydrogens is 532 g/mol. The normalized spacial score (nSPS) is 31.2. The third-order valence-electron chi connectivity index (χ3n) is 8.50. The Morgan fingerprint density at radius 3 is 2.49 bits per heavy atom. The van der Waals surface area contributed by atoms with E-state index in [-0.39, 0.29) is 73.2 Å². The summed E-state index contributed by atoms with van der Waals surface area (Å²) >= 11 is 0. The van der Waals surface area contributed by atoms with Crippen LogP contribution in [0.3, 0.4) is 0 Å². The van der Waals surface area contributed by atoms with Crippen LogP contribution in [-0.2, 0) is 38.5 Å². The lowest BCUT2D eigenvalue weighted by Crippen LogP contribution is -2.56. The van der Waals surface area contributed by atoms with Crippen molar-refractivity contribution in [2.24, 2.45) is 23.2 Å². The highest BCUT2D eigenvalue weighted by atomic mass is 32.2. The highest BCUT2D eigenvalue weighted by Gasteiger charge is 2.64. The molecule has 0 N–H and O–H groups in total. The maximum absolute atomic E-state index is 13.9. The molecule has 13 heteroatoms. The highest BCUT2D eigenvalue weighted by molar-refractivity contribution is 7.89. The monoisotopic (exact) mass is 570 g/mol. The van der Waals surface area contributed by atoms with Crippen molar-refractivity contribution in [3.8, 4) is 0 Å². The van der Waals surface area contributed by atoms with Gasteiger partial charge in [0.2, 0.25) is 10.0 Å². The van der Waals surface area contributed by atoms with Gasteiger partial charge in [-0.05, 0) is 56.1 Å². The molecule has 1 spiro atoms. The molecule has 0 bridgehead atoms. The van der Waals surface area contributed by atoms with E-state index >= 15 is 0 Å². The Morgan fingerprint density at radius 1 is 1.13 bits per heavy atom. The topological polar surface area (TPSA) is 144 Å². The minimum absolute atomic E-state index is 0.00467. The van der Waals surface area contributed by atoms with E-state index in [1.807, 2.05) is 0 Å². The first-order valence-electron chi connectivity index (χ1n) is 13.2. The molecule has 3 fully saturated rings. The summed E-state index contributed by atoms with van der Waals surface area (Å²) in [5.41, 5.74) is -0.786. The second-order valence-electron chi connectivity index (χ2n) is 10.7. The number of ether oxygens (including phenoxy) is 5. The second kappa shape index (κ2) is 12.6. The number of nitro benzene ring substituents is 1. The quantitative estimate of drug-likeness (QED) is 0.128. The lowest BCUT2D eigenvalue weighted by atomic mass is 9.59. The molecule has 1 aliphatic heterocycles. The second-order valence-corrected chi connectivity index (χ2v) is 12.6. The van der Waals surface area contributed by atoms with Crippen molar-refractivity contribution in [1.29, 1.82) is 0 Å². The van der Waals surface area contributed by atoms with Gasteiger partial charge in [0.1, 0.15) is 19.7 Å². The molecule has 2 aliphatic carbocycles. The van der Waals surface area contributed by atoms with Crippen molar-refractivity contribution in [2.75, 3.05) is 47.5 Å². The number of methoxy groups -OCH3 is 2. The maximum Gasteiger partial charge on any atom is 0.302 e. The van der Waals surface area contributed by atoms with Crippen LogP contribution in [0.1, 0.15) is 39.0 Å². The fourth-order valence-corrected chi connectivity index (χ4v) is 8.61. The van der Waals surface area contributed by atoms with Gasteiger partial charge in [0.25, 0.3) is 5.69 Å². The van der Waals surface area contributed by atoms with Crippen LogP contribution in [0.2, 0.25) is 0 Å². The van der Waals surface area contributed by atoms with Crippen LogP contribution in [0.4, 0.5) is 5.69 Å². The molecule has 2 saturated carbocycles. The third-order valence-corrected chi connectivity index (χ3v) is 10.4. The number of nitrogens with zero attached hydrogens (tertiary/aromatic N) is 2. The van der Waals surface area contributed by atoms with Crippen molar-refractivity contribution >= 4 is 21.7 Å². The first-order valence-corrected chi connectivity index (χ1v) is 14.7. The lowest BCUT2D eigenvalue weighted by molar-refractivity contribution is -0.384. The molecule has 1 saturated heterocycles. The summed E-state index contributed by atoms with van der Waals surface area (Å²) in [6.45, 7) is 2.58. The summed E-state index contributed by atoms with van der Waals surface area (Å²) in [6.07, 6.45) is 2.59. The minimum atomic E-state index is -3.96.